The lowest BCUT2D eigenvalue weighted by Crippen LogP contribution is -2.30. The zero-order valence-electron chi connectivity index (χ0n) is 19.2. The minimum absolute atomic E-state index is 0.0966. The largest absolute Gasteiger partial charge is 0.338 e. The summed E-state index contributed by atoms with van der Waals surface area (Å²) in [5, 5.41) is 8.22. The maximum Gasteiger partial charge on any atom is 0.319 e. The van der Waals surface area contributed by atoms with Gasteiger partial charge in [0.15, 0.2) is 0 Å². The van der Waals surface area contributed by atoms with E-state index in [0.29, 0.717) is 23.5 Å². The Morgan fingerprint density at radius 2 is 1.94 bits per heavy atom. The predicted molar refractivity (Wildman–Crippen MR) is 129 cm³/mol. The van der Waals surface area contributed by atoms with E-state index in [9.17, 15) is 14.0 Å². The first kappa shape index (κ1) is 22.0. The average Bonchev–Trinajstić information content (AvgIpc) is 3.40. The number of amides is 3. The number of hydrogen-bond acceptors (Lipinski definition) is 4. The van der Waals surface area contributed by atoms with Crippen molar-refractivity contribution in [2.75, 3.05) is 17.2 Å². The number of aromatic nitrogens is 2. The number of benzene rings is 1. The molecule has 3 N–H and O–H groups in total. The molecule has 0 saturated heterocycles. The number of nitrogens with zero attached hydrogens (tertiary/aromatic N) is 2. The summed E-state index contributed by atoms with van der Waals surface area (Å²) in [5.74, 6) is -0.0297. The molecule has 8 heteroatoms. The fourth-order valence-electron chi connectivity index (χ4n) is 4.29. The Kier molecular flexibility index (Phi) is 5.51. The molecule has 1 aromatic carbocycles. The smallest absolute Gasteiger partial charge is 0.319 e. The first-order valence-electron chi connectivity index (χ1n) is 11.4. The standard InChI is InChI=1S/C26H26FN5O2/c1-15-11-20(27)22(31-25(34)30-10-7-26(2)5-6-26)13-18(15)16-3-8-28-21(12-16)17-4-9-29-24-19(17)14-23(33)32-24/h3-4,8-9,11-13H,5-7,10,14H2,1-2H3,(H,29,32,33)(H2,30,31,34). The molecule has 0 unspecified atom stereocenters. The van der Waals surface area contributed by atoms with E-state index in [1.54, 1.807) is 18.5 Å². The van der Waals surface area contributed by atoms with Crippen LogP contribution in [0.1, 0.15) is 37.3 Å². The van der Waals surface area contributed by atoms with Gasteiger partial charge >= 0.3 is 6.03 Å². The fourth-order valence-corrected chi connectivity index (χ4v) is 4.29. The third-order valence-electron chi connectivity index (χ3n) is 6.68. The molecule has 3 aromatic rings. The quantitative estimate of drug-likeness (QED) is 0.480. The molecule has 0 atom stereocenters. The SMILES string of the molecule is Cc1cc(F)c(NC(=O)NCCC2(C)CC2)cc1-c1ccnc(-c2ccnc3c2CC(=O)N3)c1. The maximum absolute atomic E-state index is 14.7. The van der Waals surface area contributed by atoms with E-state index in [-0.39, 0.29) is 18.0 Å². The van der Waals surface area contributed by atoms with Crippen LogP contribution < -0.4 is 16.0 Å². The van der Waals surface area contributed by atoms with Gasteiger partial charge in [-0.2, -0.15) is 0 Å². The van der Waals surface area contributed by atoms with Gasteiger partial charge in [0.05, 0.1) is 17.8 Å². The molecule has 7 nitrogen and oxygen atoms in total. The van der Waals surface area contributed by atoms with E-state index in [1.165, 1.54) is 18.9 Å². The lowest BCUT2D eigenvalue weighted by molar-refractivity contribution is -0.115. The summed E-state index contributed by atoms with van der Waals surface area (Å²) in [5.41, 5.74) is 5.14. The van der Waals surface area contributed by atoms with Crippen LogP contribution >= 0.6 is 0 Å². The third-order valence-corrected chi connectivity index (χ3v) is 6.68. The van der Waals surface area contributed by atoms with Gasteiger partial charge in [0.1, 0.15) is 11.6 Å². The minimum atomic E-state index is -0.489. The minimum Gasteiger partial charge on any atom is -0.338 e. The van der Waals surface area contributed by atoms with Crippen LogP contribution in [0, 0.1) is 18.2 Å². The summed E-state index contributed by atoms with van der Waals surface area (Å²) in [7, 11) is 0. The van der Waals surface area contributed by atoms with E-state index in [2.05, 4.69) is 32.8 Å². The molecule has 1 aliphatic carbocycles. The number of aryl methyl sites for hydroxylation is 1. The molecule has 3 amide bonds. The molecule has 34 heavy (non-hydrogen) atoms. The van der Waals surface area contributed by atoms with E-state index >= 15 is 0 Å². The Labute approximate surface area is 197 Å². The summed E-state index contributed by atoms with van der Waals surface area (Å²) in [6.45, 7) is 4.59. The number of fused-ring (bicyclic) bond motifs is 1. The van der Waals surface area contributed by atoms with Crippen LogP contribution in [0.4, 0.5) is 20.7 Å². The van der Waals surface area contributed by atoms with Gasteiger partial charge in [0.2, 0.25) is 5.91 Å². The number of urea groups is 1. The lowest BCUT2D eigenvalue weighted by atomic mass is 9.97. The van der Waals surface area contributed by atoms with Crippen molar-refractivity contribution in [3.8, 4) is 22.4 Å². The molecule has 0 spiro atoms. The number of nitrogens with one attached hydrogen (secondary N) is 3. The molecule has 1 aliphatic heterocycles. The highest BCUT2D eigenvalue weighted by molar-refractivity contribution is 6.00. The van der Waals surface area contributed by atoms with Gasteiger partial charge in [0, 0.05) is 30.1 Å². The molecule has 2 aromatic heterocycles. The van der Waals surface area contributed by atoms with Crippen LogP contribution in [0.2, 0.25) is 0 Å². The molecule has 2 aliphatic rings. The average molecular weight is 460 g/mol. The second-order valence-electron chi connectivity index (χ2n) is 9.43. The molecule has 0 radical (unpaired) electrons. The van der Waals surface area contributed by atoms with E-state index < -0.39 is 11.8 Å². The van der Waals surface area contributed by atoms with Gasteiger partial charge < -0.3 is 16.0 Å². The van der Waals surface area contributed by atoms with Gasteiger partial charge in [-0.3, -0.25) is 9.78 Å². The molecule has 3 heterocycles. The van der Waals surface area contributed by atoms with E-state index in [4.69, 9.17) is 0 Å². The molecular weight excluding hydrogens is 433 g/mol. The number of carbonyl (C=O) groups is 2. The zero-order valence-corrected chi connectivity index (χ0v) is 19.2. The Bertz CT molecular complexity index is 1300. The van der Waals surface area contributed by atoms with Crippen molar-refractivity contribution in [1.82, 2.24) is 15.3 Å². The lowest BCUT2D eigenvalue weighted by Gasteiger charge is -2.14. The highest BCUT2D eigenvalue weighted by atomic mass is 19.1. The van der Waals surface area contributed by atoms with Gasteiger partial charge in [-0.15, -0.1) is 0 Å². The number of carbonyl (C=O) groups excluding carboxylic acids is 2. The first-order valence-corrected chi connectivity index (χ1v) is 11.4. The monoisotopic (exact) mass is 459 g/mol. The van der Waals surface area contributed by atoms with Crippen LogP contribution in [0.25, 0.3) is 22.4 Å². The van der Waals surface area contributed by atoms with Crippen molar-refractivity contribution in [3.05, 3.63) is 59.7 Å². The Morgan fingerprint density at radius 1 is 1.15 bits per heavy atom. The fraction of sp³-hybridized carbons (Fsp3) is 0.308. The number of hydrogen-bond donors (Lipinski definition) is 3. The van der Waals surface area contributed by atoms with Crippen LogP contribution in [0.5, 0.6) is 0 Å². The number of anilines is 2. The maximum atomic E-state index is 14.7. The topological polar surface area (TPSA) is 96.0 Å². The summed E-state index contributed by atoms with van der Waals surface area (Å²) < 4.78 is 14.7. The van der Waals surface area contributed by atoms with E-state index in [0.717, 1.165) is 34.2 Å². The van der Waals surface area contributed by atoms with Crippen molar-refractivity contribution in [3.63, 3.8) is 0 Å². The van der Waals surface area contributed by atoms with Crippen molar-refractivity contribution < 1.29 is 14.0 Å². The molecule has 5 rings (SSSR count). The normalized spacial score (nSPS) is 15.4. The van der Waals surface area contributed by atoms with Gasteiger partial charge in [-0.05, 0) is 78.6 Å². The number of halogens is 1. The summed E-state index contributed by atoms with van der Waals surface area (Å²) >= 11 is 0. The van der Waals surface area contributed by atoms with Gasteiger partial charge in [-0.1, -0.05) is 6.92 Å². The van der Waals surface area contributed by atoms with Crippen LogP contribution in [0.15, 0.2) is 42.7 Å². The Balaban J connectivity index is 1.40. The molecule has 0 bridgehead atoms. The summed E-state index contributed by atoms with van der Waals surface area (Å²) in [6, 6.07) is 8.23. The van der Waals surface area contributed by atoms with Crippen molar-refractivity contribution >= 4 is 23.4 Å². The Morgan fingerprint density at radius 3 is 2.74 bits per heavy atom. The zero-order chi connectivity index (χ0) is 23.9. The second kappa shape index (κ2) is 8.52. The van der Waals surface area contributed by atoms with Crippen molar-refractivity contribution in [2.24, 2.45) is 5.41 Å². The van der Waals surface area contributed by atoms with Crippen LogP contribution in [0.3, 0.4) is 0 Å². The first-order chi connectivity index (χ1) is 16.3. The van der Waals surface area contributed by atoms with Crippen molar-refractivity contribution in [2.45, 2.75) is 39.5 Å². The second-order valence-corrected chi connectivity index (χ2v) is 9.43. The number of pyridine rings is 2. The van der Waals surface area contributed by atoms with Crippen molar-refractivity contribution in [1.29, 1.82) is 0 Å². The van der Waals surface area contributed by atoms with E-state index in [1.807, 2.05) is 25.1 Å². The van der Waals surface area contributed by atoms with Crippen LogP contribution in [-0.4, -0.2) is 28.5 Å². The highest BCUT2D eigenvalue weighted by Crippen LogP contribution is 2.47. The predicted octanol–water partition coefficient (Wildman–Crippen LogP) is 5.06. The summed E-state index contributed by atoms with van der Waals surface area (Å²) in [6.07, 6.45) is 6.87. The van der Waals surface area contributed by atoms with Gasteiger partial charge in [0.25, 0.3) is 0 Å². The molecule has 174 valence electrons. The summed E-state index contributed by atoms with van der Waals surface area (Å²) in [4.78, 5) is 32.9. The number of rotatable bonds is 6. The van der Waals surface area contributed by atoms with Crippen LogP contribution in [-0.2, 0) is 11.2 Å². The Hall–Kier alpha value is -3.81. The molecular formula is C26H26FN5O2. The molecule has 1 saturated carbocycles. The molecule has 1 fully saturated rings. The highest BCUT2D eigenvalue weighted by Gasteiger charge is 2.36. The van der Waals surface area contributed by atoms with Gasteiger partial charge in [-0.25, -0.2) is 14.2 Å². The third kappa shape index (κ3) is 4.48.